The van der Waals surface area contributed by atoms with E-state index in [-0.39, 0.29) is 5.91 Å². The molecule has 108 valence electrons. The number of amides is 1. The van der Waals surface area contributed by atoms with Crippen molar-refractivity contribution in [3.05, 3.63) is 58.8 Å². The first kappa shape index (κ1) is 15.2. The molecule has 0 bridgehead atoms. The molecule has 0 aliphatic rings. The minimum absolute atomic E-state index is 0.274. The molecule has 0 fully saturated rings. The highest BCUT2D eigenvalue weighted by molar-refractivity contribution is 9.10. The van der Waals surface area contributed by atoms with Crippen molar-refractivity contribution >= 4 is 33.5 Å². The predicted octanol–water partition coefficient (Wildman–Crippen LogP) is 3.40. The maximum atomic E-state index is 12.2. The average molecular weight is 347 g/mol. The van der Waals surface area contributed by atoms with Crippen LogP contribution in [0.25, 0.3) is 0 Å². The molecule has 0 aliphatic heterocycles. The molecule has 2 rings (SSSR count). The number of nitrogens with one attached hydrogen (secondary N) is 2. The summed E-state index contributed by atoms with van der Waals surface area (Å²) in [5, 5.41) is 5.78. The number of aryl methyl sites for hydroxylation is 1. The lowest BCUT2D eigenvalue weighted by Gasteiger charge is -2.09. The molecule has 1 amide bonds. The fourth-order valence-corrected chi connectivity index (χ4v) is 2.16. The van der Waals surface area contributed by atoms with Gasteiger partial charge in [-0.05, 0) is 36.8 Å². The van der Waals surface area contributed by atoms with Crippen molar-refractivity contribution in [3.8, 4) is 0 Å². The smallest absolute Gasteiger partial charge is 0.274 e. The molecule has 0 saturated carbocycles. The number of aromatic nitrogens is 2. The first-order chi connectivity index (χ1) is 10.1. The lowest BCUT2D eigenvalue weighted by molar-refractivity contribution is 0.102. The first-order valence-corrected chi connectivity index (χ1v) is 7.15. The Bertz CT molecular complexity index is 672. The highest BCUT2D eigenvalue weighted by atomic mass is 79.9. The molecule has 5 nitrogen and oxygen atoms in total. The Morgan fingerprint density at radius 1 is 1.43 bits per heavy atom. The molecular formula is C15H15BrN4O. The molecule has 0 saturated heterocycles. The van der Waals surface area contributed by atoms with Crippen molar-refractivity contribution in [2.24, 2.45) is 0 Å². The Morgan fingerprint density at radius 2 is 2.24 bits per heavy atom. The number of hydrogen-bond donors (Lipinski definition) is 2. The molecule has 0 aliphatic carbocycles. The molecule has 2 N–H and O–H groups in total. The van der Waals surface area contributed by atoms with Gasteiger partial charge in [-0.2, -0.15) is 0 Å². The second kappa shape index (κ2) is 6.99. The third-order valence-corrected chi connectivity index (χ3v) is 3.22. The van der Waals surface area contributed by atoms with Gasteiger partial charge in [-0.3, -0.25) is 4.79 Å². The number of carbonyl (C=O) groups is 1. The Labute approximate surface area is 131 Å². The van der Waals surface area contributed by atoms with Crippen LogP contribution in [-0.4, -0.2) is 22.4 Å². The van der Waals surface area contributed by atoms with Gasteiger partial charge in [0, 0.05) is 22.9 Å². The summed E-state index contributed by atoms with van der Waals surface area (Å²) in [6.07, 6.45) is 3.24. The molecule has 21 heavy (non-hydrogen) atoms. The maximum absolute atomic E-state index is 12.2. The van der Waals surface area contributed by atoms with E-state index < -0.39 is 0 Å². The quantitative estimate of drug-likeness (QED) is 0.814. The summed E-state index contributed by atoms with van der Waals surface area (Å²) >= 11 is 3.39. The highest BCUT2D eigenvalue weighted by Gasteiger charge is 2.10. The fourth-order valence-electron chi connectivity index (χ4n) is 1.69. The predicted molar refractivity (Wildman–Crippen MR) is 87.6 cm³/mol. The van der Waals surface area contributed by atoms with Crippen LogP contribution in [0.5, 0.6) is 0 Å². The van der Waals surface area contributed by atoms with E-state index in [4.69, 9.17) is 0 Å². The van der Waals surface area contributed by atoms with Gasteiger partial charge in [0.25, 0.3) is 5.91 Å². The maximum Gasteiger partial charge on any atom is 0.274 e. The van der Waals surface area contributed by atoms with E-state index in [1.807, 2.05) is 25.1 Å². The van der Waals surface area contributed by atoms with Crippen LogP contribution in [-0.2, 0) is 0 Å². The van der Waals surface area contributed by atoms with Crippen LogP contribution in [0, 0.1) is 6.92 Å². The third kappa shape index (κ3) is 4.13. The molecule has 2 aromatic rings. The van der Waals surface area contributed by atoms with Gasteiger partial charge in [0.2, 0.25) is 5.95 Å². The van der Waals surface area contributed by atoms with E-state index in [0.717, 1.165) is 15.7 Å². The van der Waals surface area contributed by atoms with E-state index in [1.165, 1.54) is 0 Å². The number of anilines is 2. The lowest BCUT2D eigenvalue weighted by atomic mass is 10.2. The summed E-state index contributed by atoms with van der Waals surface area (Å²) in [4.78, 5) is 20.4. The van der Waals surface area contributed by atoms with Crippen LogP contribution in [0.15, 0.2) is 47.6 Å². The minimum Gasteiger partial charge on any atom is -0.351 e. The van der Waals surface area contributed by atoms with Crippen molar-refractivity contribution in [3.63, 3.8) is 0 Å². The van der Waals surface area contributed by atoms with Gasteiger partial charge in [0.15, 0.2) is 0 Å². The monoisotopic (exact) mass is 346 g/mol. The Kier molecular flexibility index (Phi) is 5.05. The van der Waals surface area contributed by atoms with Crippen molar-refractivity contribution in [2.75, 3.05) is 17.2 Å². The van der Waals surface area contributed by atoms with Crippen LogP contribution in [0.2, 0.25) is 0 Å². The van der Waals surface area contributed by atoms with Gasteiger partial charge < -0.3 is 10.6 Å². The molecule has 0 atom stereocenters. The van der Waals surface area contributed by atoms with Crippen LogP contribution in [0.4, 0.5) is 11.6 Å². The number of rotatable bonds is 5. The summed E-state index contributed by atoms with van der Waals surface area (Å²) < 4.78 is 0.968. The van der Waals surface area contributed by atoms with E-state index in [1.54, 1.807) is 18.3 Å². The van der Waals surface area contributed by atoms with E-state index in [0.29, 0.717) is 18.2 Å². The Balaban J connectivity index is 2.14. The molecule has 1 aromatic carbocycles. The number of benzene rings is 1. The second-order valence-electron chi connectivity index (χ2n) is 4.35. The Morgan fingerprint density at radius 3 is 2.95 bits per heavy atom. The van der Waals surface area contributed by atoms with Crippen LogP contribution in [0.3, 0.4) is 0 Å². The van der Waals surface area contributed by atoms with Crippen molar-refractivity contribution in [1.82, 2.24) is 9.97 Å². The van der Waals surface area contributed by atoms with Crippen molar-refractivity contribution in [2.45, 2.75) is 6.92 Å². The Hall–Kier alpha value is -2.21. The largest absolute Gasteiger partial charge is 0.351 e. The number of nitrogens with zero attached hydrogens (tertiary/aromatic N) is 2. The number of carbonyl (C=O) groups excluding carboxylic acids is 1. The molecule has 1 heterocycles. The number of hydrogen-bond acceptors (Lipinski definition) is 4. The normalized spacial score (nSPS) is 10.0. The zero-order valence-electron chi connectivity index (χ0n) is 11.6. The van der Waals surface area contributed by atoms with Gasteiger partial charge in [-0.15, -0.1) is 6.58 Å². The molecule has 6 heteroatoms. The van der Waals surface area contributed by atoms with Gasteiger partial charge in [0.1, 0.15) is 5.69 Å². The standard InChI is InChI=1S/C15H15BrN4O/c1-3-7-17-15-18-8-6-13(20-15)14(21)19-12-5-4-11(16)9-10(12)2/h3-6,8-9H,1,7H2,2H3,(H,19,21)(H,17,18,20). The fraction of sp³-hybridized carbons (Fsp3) is 0.133. The molecule has 1 aromatic heterocycles. The summed E-state index contributed by atoms with van der Waals surface area (Å²) in [7, 11) is 0. The average Bonchev–Trinajstić information content (AvgIpc) is 2.48. The van der Waals surface area contributed by atoms with Crippen LogP contribution in [0.1, 0.15) is 16.1 Å². The summed E-state index contributed by atoms with van der Waals surface area (Å²) in [5.74, 6) is 0.125. The molecule has 0 spiro atoms. The SMILES string of the molecule is C=CCNc1nccc(C(=O)Nc2ccc(Br)cc2C)n1. The van der Waals surface area contributed by atoms with E-state index in [2.05, 4.69) is 43.1 Å². The van der Waals surface area contributed by atoms with Crippen LogP contribution >= 0.6 is 15.9 Å². The van der Waals surface area contributed by atoms with E-state index in [9.17, 15) is 4.79 Å². The summed E-state index contributed by atoms with van der Waals surface area (Å²) in [5.41, 5.74) is 2.03. The summed E-state index contributed by atoms with van der Waals surface area (Å²) in [6.45, 7) is 6.07. The van der Waals surface area contributed by atoms with Gasteiger partial charge in [0.05, 0.1) is 0 Å². The lowest BCUT2D eigenvalue weighted by Crippen LogP contribution is -2.16. The zero-order valence-corrected chi connectivity index (χ0v) is 13.1. The second-order valence-corrected chi connectivity index (χ2v) is 5.26. The van der Waals surface area contributed by atoms with Gasteiger partial charge >= 0.3 is 0 Å². The number of halogens is 1. The topological polar surface area (TPSA) is 66.9 Å². The summed E-state index contributed by atoms with van der Waals surface area (Å²) in [6, 6.07) is 7.23. The van der Waals surface area contributed by atoms with Crippen LogP contribution < -0.4 is 10.6 Å². The minimum atomic E-state index is -0.274. The molecular weight excluding hydrogens is 332 g/mol. The van der Waals surface area contributed by atoms with Gasteiger partial charge in [-0.1, -0.05) is 22.0 Å². The zero-order chi connectivity index (χ0) is 15.2. The third-order valence-electron chi connectivity index (χ3n) is 2.73. The molecule has 0 radical (unpaired) electrons. The first-order valence-electron chi connectivity index (χ1n) is 6.35. The highest BCUT2D eigenvalue weighted by Crippen LogP contribution is 2.20. The van der Waals surface area contributed by atoms with Crippen molar-refractivity contribution in [1.29, 1.82) is 0 Å². The van der Waals surface area contributed by atoms with Gasteiger partial charge in [-0.25, -0.2) is 9.97 Å². The van der Waals surface area contributed by atoms with E-state index >= 15 is 0 Å². The molecule has 0 unspecified atom stereocenters. The van der Waals surface area contributed by atoms with Crippen molar-refractivity contribution < 1.29 is 4.79 Å².